The summed E-state index contributed by atoms with van der Waals surface area (Å²) in [6.07, 6.45) is 1.82. The molecule has 0 saturated carbocycles. The van der Waals surface area contributed by atoms with Crippen molar-refractivity contribution in [2.75, 3.05) is 13.7 Å². The molecule has 1 aromatic heterocycles. The van der Waals surface area contributed by atoms with Crippen molar-refractivity contribution in [1.82, 2.24) is 5.32 Å². The Labute approximate surface area is 154 Å². The van der Waals surface area contributed by atoms with Gasteiger partial charge in [0.05, 0.1) is 25.1 Å². The molecular formula is C18H16ClNO4S. The number of hydrogen-bond acceptors (Lipinski definition) is 5. The fourth-order valence-corrected chi connectivity index (χ4v) is 3.45. The van der Waals surface area contributed by atoms with Crippen LogP contribution in [0.25, 0.3) is 6.08 Å². The van der Waals surface area contributed by atoms with Crippen molar-refractivity contribution in [2.24, 2.45) is 0 Å². The van der Waals surface area contributed by atoms with Crippen molar-refractivity contribution in [3.63, 3.8) is 0 Å². The Hall–Kier alpha value is -2.31. The summed E-state index contributed by atoms with van der Waals surface area (Å²) < 4.78 is 10.3. The van der Waals surface area contributed by atoms with E-state index < -0.39 is 6.04 Å². The standard InChI is InChI=1S/C18H16ClNO4S/c1-23-17(21)9-14(16-3-2-6-25-16)20-18(22)12-7-11-8-13(19)4-5-15(11)24-10-12/h2-8,14H,9-10H2,1H3,(H,20,22). The lowest BCUT2D eigenvalue weighted by atomic mass is 10.1. The number of benzene rings is 1. The van der Waals surface area contributed by atoms with Crippen molar-refractivity contribution in [1.29, 1.82) is 0 Å². The van der Waals surface area contributed by atoms with Gasteiger partial charge in [-0.1, -0.05) is 17.7 Å². The van der Waals surface area contributed by atoms with Gasteiger partial charge in [-0.25, -0.2) is 0 Å². The summed E-state index contributed by atoms with van der Waals surface area (Å²) in [4.78, 5) is 25.2. The number of esters is 1. The van der Waals surface area contributed by atoms with Gasteiger partial charge in [-0.15, -0.1) is 11.3 Å². The van der Waals surface area contributed by atoms with Gasteiger partial charge in [-0.3, -0.25) is 9.59 Å². The second kappa shape index (κ2) is 7.72. The topological polar surface area (TPSA) is 64.6 Å². The molecule has 0 fully saturated rings. The van der Waals surface area contributed by atoms with Crippen molar-refractivity contribution >= 4 is 40.9 Å². The third kappa shape index (κ3) is 4.21. The van der Waals surface area contributed by atoms with Crippen molar-refractivity contribution < 1.29 is 19.1 Å². The van der Waals surface area contributed by atoms with Gasteiger partial charge in [0.2, 0.25) is 0 Å². The molecule has 1 atom stereocenters. The maximum Gasteiger partial charge on any atom is 0.307 e. The number of nitrogens with one attached hydrogen (secondary N) is 1. The number of methoxy groups -OCH3 is 1. The minimum Gasteiger partial charge on any atom is -0.488 e. The van der Waals surface area contributed by atoms with Gasteiger partial charge in [-0.2, -0.15) is 0 Å². The molecule has 5 nitrogen and oxygen atoms in total. The molecule has 25 heavy (non-hydrogen) atoms. The van der Waals surface area contributed by atoms with Gasteiger partial charge in [0.25, 0.3) is 5.91 Å². The molecule has 0 spiro atoms. The van der Waals surface area contributed by atoms with Crippen LogP contribution in [0.4, 0.5) is 0 Å². The minimum absolute atomic E-state index is 0.0688. The first-order valence-electron chi connectivity index (χ1n) is 7.61. The fraction of sp³-hybridized carbons (Fsp3) is 0.222. The monoisotopic (exact) mass is 377 g/mol. The van der Waals surface area contributed by atoms with Gasteiger partial charge in [0.1, 0.15) is 12.4 Å². The number of fused-ring (bicyclic) bond motifs is 1. The molecule has 1 aromatic carbocycles. The van der Waals surface area contributed by atoms with E-state index in [2.05, 4.69) is 5.32 Å². The van der Waals surface area contributed by atoms with Crippen LogP contribution in [0.15, 0.2) is 41.3 Å². The Bertz CT molecular complexity index is 816. The quantitative estimate of drug-likeness (QED) is 0.808. The van der Waals surface area contributed by atoms with E-state index in [0.717, 1.165) is 10.4 Å². The number of amides is 1. The van der Waals surface area contributed by atoms with Gasteiger partial charge < -0.3 is 14.8 Å². The largest absolute Gasteiger partial charge is 0.488 e. The number of hydrogen-bond donors (Lipinski definition) is 1. The average molecular weight is 378 g/mol. The molecule has 1 unspecified atom stereocenters. The van der Waals surface area contributed by atoms with E-state index in [1.807, 2.05) is 17.5 Å². The number of ether oxygens (including phenoxy) is 2. The second-order valence-corrected chi connectivity index (χ2v) is 6.88. The summed E-state index contributed by atoms with van der Waals surface area (Å²) in [5, 5.41) is 5.36. The molecule has 130 valence electrons. The SMILES string of the molecule is COC(=O)CC(NC(=O)C1=Cc2cc(Cl)ccc2OC1)c1cccs1. The summed E-state index contributed by atoms with van der Waals surface area (Å²) in [5.41, 5.74) is 1.23. The summed E-state index contributed by atoms with van der Waals surface area (Å²) in [5.74, 6) is 0.0166. The fourth-order valence-electron chi connectivity index (χ4n) is 2.49. The molecule has 7 heteroatoms. The highest BCUT2D eigenvalue weighted by Crippen LogP contribution is 2.30. The predicted molar refractivity (Wildman–Crippen MR) is 96.8 cm³/mol. The van der Waals surface area contributed by atoms with E-state index in [-0.39, 0.29) is 24.9 Å². The van der Waals surface area contributed by atoms with E-state index in [4.69, 9.17) is 21.1 Å². The Morgan fingerprint density at radius 1 is 1.40 bits per heavy atom. The molecular weight excluding hydrogens is 362 g/mol. The van der Waals surface area contributed by atoms with Crippen LogP contribution >= 0.6 is 22.9 Å². The zero-order chi connectivity index (χ0) is 17.8. The summed E-state index contributed by atoms with van der Waals surface area (Å²) in [7, 11) is 1.33. The lowest BCUT2D eigenvalue weighted by Gasteiger charge is -2.21. The van der Waals surface area contributed by atoms with Crippen LogP contribution in [-0.2, 0) is 14.3 Å². The Kier molecular flexibility index (Phi) is 5.40. The van der Waals surface area contributed by atoms with Crippen LogP contribution < -0.4 is 10.1 Å². The molecule has 0 saturated heterocycles. The smallest absolute Gasteiger partial charge is 0.307 e. The van der Waals surface area contributed by atoms with Crippen LogP contribution in [0.1, 0.15) is 22.9 Å². The first kappa shape index (κ1) is 17.5. The van der Waals surface area contributed by atoms with Gasteiger partial charge in [0, 0.05) is 15.5 Å². The maximum absolute atomic E-state index is 12.6. The Morgan fingerprint density at radius 2 is 2.24 bits per heavy atom. The highest BCUT2D eigenvalue weighted by Gasteiger charge is 2.23. The minimum atomic E-state index is -0.443. The zero-order valence-corrected chi connectivity index (χ0v) is 15.0. The molecule has 1 amide bonds. The highest BCUT2D eigenvalue weighted by molar-refractivity contribution is 7.10. The molecule has 0 aliphatic carbocycles. The van der Waals surface area contributed by atoms with Crippen molar-refractivity contribution in [3.8, 4) is 5.75 Å². The summed E-state index contributed by atoms with van der Waals surface area (Å²) >= 11 is 7.47. The summed E-state index contributed by atoms with van der Waals surface area (Å²) in [6, 6.07) is 8.56. The number of halogens is 1. The third-order valence-corrected chi connectivity index (χ3v) is 4.99. The highest BCUT2D eigenvalue weighted by atomic mass is 35.5. The van der Waals surface area contributed by atoms with Crippen LogP contribution in [0.3, 0.4) is 0 Å². The van der Waals surface area contributed by atoms with Crippen LogP contribution in [-0.4, -0.2) is 25.6 Å². The lowest BCUT2D eigenvalue weighted by Crippen LogP contribution is -2.33. The molecule has 0 radical (unpaired) electrons. The van der Waals surface area contributed by atoms with Gasteiger partial charge >= 0.3 is 5.97 Å². The van der Waals surface area contributed by atoms with E-state index >= 15 is 0 Å². The van der Waals surface area contributed by atoms with Crippen LogP contribution in [0, 0.1) is 0 Å². The molecule has 2 aromatic rings. The van der Waals surface area contributed by atoms with E-state index in [1.54, 1.807) is 24.3 Å². The zero-order valence-electron chi connectivity index (χ0n) is 13.5. The molecule has 1 aliphatic heterocycles. The Morgan fingerprint density at radius 3 is 2.96 bits per heavy atom. The van der Waals surface area contributed by atoms with Crippen molar-refractivity contribution in [3.05, 3.63) is 56.7 Å². The second-order valence-electron chi connectivity index (χ2n) is 5.46. The van der Waals surface area contributed by atoms with E-state index in [0.29, 0.717) is 16.3 Å². The first-order chi connectivity index (χ1) is 12.1. The van der Waals surface area contributed by atoms with Gasteiger partial charge in [0.15, 0.2) is 0 Å². The number of thiophene rings is 1. The molecule has 3 rings (SSSR count). The average Bonchev–Trinajstić information content (AvgIpc) is 3.14. The van der Waals surface area contributed by atoms with Crippen LogP contribution in [0.2, 0.25) is 5.02 Å². The van der Waals surface area contributed by atoms with E-state index in [9.17, 15) is 9.59 Å². The molecule has 0 bridgehead atoms. The molecule has 1 aliphatic rings. The number of carbonyl (C=O) groups is 2. The van der Waals surface area contributed by atoms with Crippen molar-refractivity contribution in [2.45, 2.75) is 12.5 Å². The lowest BCUT2D eigenvalue weighted by molar-refractivity contribution is -0.141. The summed E-state index contributed by atoms with van der Waals surface area (Å²) in [6.45, 7) is 0.163. The molecule has 2 heterocycles. The van der Waals surface area contributed by atoms with Crippen LogP contribution in [0.5, 0.6) is 5.75 Å². The third-order valence-electron chi connectivity index (χ3n) is 3.77. The van der Waals surface area contributed by atoms with Gasteiger partial charge in [-0.05, 0) is 35.7 Å². The predicted octanol–water partition coefficient (Wildman–Crippen LogP) is 3.60. The van der Waals surface area contributed by atoms with E-state index in [1.165, 1.54) is 18.4 Å². The Balaban J connectivity index is 1.78. The number of rotatable bonds is 5. The normalized spacial score (nSPS) is 13.9. The molecule has 1 N–H and O–H groups in total. The first-order valence-corrected chi connectivity index (χ1v) is 8.86. The number of carbonyl (C=O) groups excluding carboxylic acids is 2. The maximum atomic E-state index is 12.6.